The zero-order valence-corrected chi connectivity index (χ0v) is 16.4. The molecule has 27 heavy (non-hydrogen) atoms. The van der Waals surface area contributed by atoms with Gasteiger partial charge in [0.15, 0.2) is 0 Å². The minimum Gasteiger partial charge on any atom is -0.497 e. The topological polar surface area (TPSA) is 39.1 Å². The van der Waals surface area contributed by atoms with Crippen LogP contribution >= 0.6 is 11.8 Å². The molecular formula is C21H24FN3OS. The van der Waals surface area contributed by atoms with Crippen molar-refractivity contribution in [3.63, 3.8) is 0 Å². The maximum Gasteiger partial charge on any atom is 0.148 e. The summed E-state index contributed by atoms with van der Waals surface area (Å²) in [5.74, 6) is 1.64. The summed E-state index contributed by atoms with van der Waals surface area (Å²) in [5.41, 5.74) is 3.30. The largest absolute Gasteiger partial charge is 0.497 e. The lowest BCUT2D eigenvalue weighted by atomic mass is 10.1. The molecule has 0 amide bonds. The minimum absolute atomic E-state index is 0.291. The van der Waals surface area contributed by atoms with E-state index in [-0.39, 0.29) is 5.82 Å². The van der Waals surface area contributed by atoms with Gasteiger partial charge >= 0.3 is 0 Å². The molecule has 3 rings (SSSR count). The van der Waals surface area contributed by atoms with Crippen molar-refractivity contribution in [2.45, 2.75) is 13.0 Å². The normalized spacial score (nSPS) is 10.9. The minimum atomic E-state index is -0.291. The van der Waals surface area contributed by atoms with E-state index in [0.717, 1.165) is 41.3 Å². The van der Waals surface area contributed by atoms with Gasteiger partial charge in [0.1, 0.15) is 17.3 Å². The van der Waals surface area contributed by atoms with Crippen LogP contribution < -0.4 is 10.1 Å². The highest BCUT2D eigenvalue weighted by molar-refractivity contribution is 7.98. The molecule has 0 atom stereocenters. The van der Waals surface area contributed by atoms with Crippen LogP contribution in [0.1, 0.15) is 12.0 Å². The summed E-state index contributed by atoms with van der Waals surface area (Å²) < 4.78 is 21.1. The molecule has 1 N–H and O–H groups in total. The van der Waals surface area contributed by atoms with E-state index < -0.39 is 0 Å². The van der Waals surface area contributed by atoms with E-state index in [9.17, 15) is 4.39 Å². The molecule has 0 saturated heterocycles. The zero-order valence-electron chi connectivity index (χ0n) is 15.6. The summed E-state index contributed by atoms with van der Waals surface area (Å²) in [6.07, 6.45) is 5.13. The van der Waals surface area contributed by atoms with Crippen LogP contribution in [0.4, 0.5) is 4.39 Å². The summed E-state index contributed by atoms with van der Waals surface area (Å²) >= 11 is 1.84. The molecule has 0 unspecified atom stereocenters. The van der Waals surface area contributed by atoms with Gasteiger partial charge in [0.2, 0.25) is 0 Å². The molecule has 0 bridgehead atoms. The Bertz CT molecular complexity index is 864. The van der Waals surface area contributed by atoms with E-state index in [4.69, 9.17) is 4.74 Å². The summed E-state index contributed by atoms with van der Waals surface area (Å²) in [6.45, 7) is 1.62. The maximum atomic E-state index is 14.2. The number of thioether (sulfide) groups is 1. The number of benzene rings is 2. The first-order valence-electron chi connectivity index (χ1n) is 8.90. The van der Waals surface area contributed by atoms with Gasteiger partial charge in [0, 0.05) is 23.9 Å². The van der Waals surface area contributed by atoms with Crippen LogP contribution in [0, 0.1) is 5.82 Å². The Morgan fingerprint density at radius 3 is 2.63 bits per heavy atom. The van der Waals surface area contributed by atoms with Gasteiger partial charge in [-0.1, -0.05) is 12.1 Å². The van der Waals surface area contributed by atoms with Gasteiger partial charge in [-0.3, -0.25) is 0 Å². The second kappa shape index (κ2) is 9.58. The average Bonchev–Trinajstić information content (AvgIpc) is 3.12. The van der Waals surface area contributed by atoms with Crippen molar-refractivity contribution in [3.8, 4) is 22.7 Å². The Hall–Kier alpha value is -2.31. The van der Waals surface area contributed by atoms with Crippen molar-refractivity contribution in [2.75, 3.05) is 25.7 Å². The second-order valence-corrected chi connectivity index (χ2v) is 7.14. The highest BCUT2D eigenvalue weighted by Crippen LogP contribution is 2.26. The fraction of sp³-hybridized carbons (Fsp3) is 0.286. The summed E-state index contributed by atoms with van der Waals surface area (Å²) in [5, 5.41) is 8.14. The molecule has 0 saturated carbocycles. The molecule has 1 aromatic heterocycles. The molecule has 0 aliphatic carbocycles. The number of ether oxygens (including phenoxy) is 1. The molecule has 0 aliphatic heterocycles. The highest BCUT2D eigenvalue weighted by atomic mass is 32.2. The van der Waals surface area contributed by atoms with Crippen LogP contribution in [0.15, 0.2) is 54.7 Å². The van der Waals surface area contributed by atoms with Crippen LogP contribution in [-0.4, -0.2) is 35.4 Å². The van der Waals surface area contributed by atoms with Crippen LogP contribution in [0.2, 0.25) is 0 Å². The number of nitrogens with one attached hydrogen (secondary N) is 1. The van der Waals surface area contributed by atoms with Crippen molar-refractivity contribution in [3.05, 3.63) is 66.1 Å². The van der Waals surface area contributed by atoms with Gasteiger partial charge < -0.3 is 10.1 Å². The molecular weight excluding hydrogens is 361 g/mol. The van der Waals surface area contributed by atoms with Gasteiger partial charge in [-0.2, -0.15) is 16.9 Å². The van der Waals surface area contributed by atoms with Crippen molar-refractivity contribution >= 4 is 11.8 Å². The van der Waals surface area contributed by atoms with Crippen LogP contribution in [-0.2, 0) is 6.54 Å². The average molecular weight is 386 g/mol. The van der Waals surface area contributed by atoms with Gasteiger partial charge in [0.05, 0.1) is 12.8 Å². The lowest BCUT2D eigenvalue weighted by Crippen LogP contribution is -2.15. The molecule has 0 fully saturated rings. The molecule has 0 aliphatic rings. The molecule has 0 spiro atoms. The SMILES string of the molecule is COc1ccc(-c2nn(-c3ccccc3F)cc2CNCCCSC)cc1. The van der Waals surface area contributed by atoms with Crippen LogP contribution in [0.25, 0.3) is 16.9 Å². The van der Waals surface area contributed by atoms with E-state index in [1.54, 1.807) is 23.9 Å². The Morgan fingerprint density at radius 1 is 1.15 bits per heavy atom. The molecule has 3 aromatic rings. The van der Waals surface area contributed by atoms with Crippen molar-refractivity contribution < 1.29 is 9.13 Å². The third-order valence-corrected chi connectivity index (χ3v) is 4.97. The number of hydrogen-bond donors (Lipinski definition) is 1. The lowest BCUT2D eigenvalue weighted by Gasteiger charge is -2.06. The Labute approximate surface area is 163 Å². The number of para-hydroxylation sites is 1. The van der Waals surface area contributed by atoms with E-state index in [1.165, 1.54) is 6.07 Å². The molecule has 2 aromatic carbocycles. The summed E-state index contributed by atoms with van der Waals surface area (Å²) in [6, 6.07) is 14.4. The number of rotatable bonds is 9. The van der Waals surface area contributed by atoms with Crippen LogP contribution in [0.3, 0.4) is 0 Å². The number of halogens is 1. The predicted octanol–water partition coefficient (Wildman–Crippen LogP) is 4.53. The predicted molar refractivity (Wildman–Crippen MR) is 110 cm³/mol. The first-order valence-corrected chi connectivity index (χ1v) is 10.3. The Morgan fingerprint density at radius 2 is 1.93 bits per heavy atom. The van der Waals surface area contributed by atoms with Crippen molar-refractivity contribution in [2.24, 2.45) is 0 Å². The first kappa shape index (κ1) is 19.5. The summed E-state index contributed by atoms with van der Waals surface area (Å²) in [4.78, 5) is 0. The third kappa shape index (κ3) is 4.90. The zero-order chi connectivity index (χ0) is 19.1. The molecule has 4 nitrogen and oxygen atoms in total. The van der Waals surface area contributed by atoms with E-state index in [1.807, 2.05) is 48.3 Å². The maximum absolute atomic E-state index is 14.2. The van der Waals surface area contributed by atoms with Gasteiger partial charge in [-0.25, -0.2) is 9.07 Å². The van der Waals surface area contributed by atoms with Gasteiger partial charge in [-0.15, -0.1) is 0 Å². The standard InChI is InChI=1S/C21H24FN3OS/c1-26-18-10-8-16(9-11-18)21-17(14-23-12-5-13-27-2)15-25(24-21)20-7-4-3-6-19(20)22/h3-4,6-11,15,23H,5,12-14H2,1-2H3. The molecule has 6 heteroatoms. The summed E-state index contributed by atoms with van der Waals surface area (Å²) in [7, 11) is 1.64. The van der Waals surface area contributed by atoms with Gasteiger partial charge in [-0.05, 0) is 61.4 Å². The number of methoxy groups -OCH3 is 1. The highest BCUT2D eigenvalue weighted by Gasteiger charge is 2.14. The number of aromatic nitrogens is 2. The lowest BCUT2D eigenvalue weighted by molar-refractivity contribution is 0.415. The quantitative estimate of drug-likeness (QED) is 0.549. The van der Waals surface area contributed by atoms with E-state index in [0.29, 0.717) is 12.2 Å². The van der Waals surface area contributed by atoms with E-state index >= 15 is 0 Å². The molecule has 1 heterocycles. The molecule has 142 valence electrons. The monoisotopic (exact) mass is 385 g/mol. The Kier molecular flexibility index (Phi) is 6.90. The first-order chi connectivity index (χ1) is 13.2. The van der Waals surface area contributed by atoms with Crippen molar-refractivity contribution in [1.82, 2.24) is 15.1 Å². The number of hydrogen-bond acceptors (Lipinski definition) is 4. The third-order valence-electron chi connectivity index (χ3n) is 4.27. The van der Waals surface area contributed by atoms with E-state index in [2.05, 4.69) is 16.7 Å². The van der Waals surface area contributed by atoms with Gasteiger partial charge in [0.25, 0.3) is 0 Å². The van der Waals surface area contributed by atoms with Crippen molar-refractivity contribution in [1.29, 1.82) is 0 Å². The second-order valence-electron chi connectivity index (χ2n) is 6.15. The fourth-order valence-corrected chi connectivity index (χ4v) is 3.29. The smallest absolute Gasteiger partial charge is 0.148 e. The number of nitrogens with zero attached hydrogens (tertiary/aromatic N) is 2. The fourth-order valence-electron chi connectivity index (χ4n) is 2.86. The molecule has 0 radical (unpaired) electrons. The Balaban J connectivity index is 1.89. The van der Waals surface area contributed by atoms with Crippen LogP contribution in [0.5, 0.6) is 5.75 Å².